The first-order chi connectivity index (χ1) is 15.0. The van der Waals surface area contributed by atoms with Crippen LogP contribution in [0.3, 0.4) is 0 Å². The Bertz CT molecular complexity index is 987. The van der Waals surface area contributed by atoms with Crippen LogP contribution in [0, 0.1) is 0 Å². The number of hydrogen-bond acceptors (Lipinski definition) is 7. The highest BCUT2D eigenvalue weighted by atomic mass is 16.7. The number of ether oxygens (including phenoxy) is 3. The molecule has 2 aliphatic rings. The Morgan fingerprint density at radius 3 is 2.56 bits per heavy atom. The Balaban J connectivity index is 1.60. The van der Waals surface area contributed by atoms with E-state index in [4.69, 9.17) is 14.2 Å². The maximum absolute atomic E-state index is 12.2. The van der Waals surface area contributed by atoms with Gasteiger partial charge in [-0.2, -0.15) is 0 Å². The van der Waals surface area contributed by atoms with Crippen LogP contribution in [-0.2, 0) is 4.74 Å². The molecule has 2 N–H and O–H groups in total. The number of carbonyl (C=O) groups excluding carboxylic acids is 1. The molecule has 4 rings (SSSR count). The Labute approximate surface area is 188 Å². The predicted molar refractivity (Wildman–Crippen MR) is 119 cm³/mol. The van der Waals surface area contributed by atoms with Gasteiger partial charge in [-0.1, -0.05) is 0 Å². The Morgan fingerprint density at radius 2 is 1.91 bits per heavy atom. The zero-order valence-corrected chi connectivity index (χ0v) is 19.2. The van der Waals surface area contributed by atoms with Crippen LogP contribution < -0.4 is 14.8 Å². The first-order valence-corrected chi connectivity index (χ1v) is 10.9. The fourth-order valence-electron chi connectivity index (χ4n) is 4.24. The molecular formula is C24H31N3O5. The summed E-state index contributed by atoms with van der Waals surface area (Å²) in [5.74, 6) is 0.478. The van der Waals surface area contributed by atoms with Crippen molar-refractivity contribution in [2.75, 3.05) is 13.1 Å². The minimum Gasteiger partial charge on any atom is -0.507 e. The van der Waals surface area contributed by atoms with Crippen LogP contribution in [0.5, 0.6) is 17.2 Å². The minimum atomic E-state index is -0.782. The number of nitrogens with one attached hydrogen (secondary N) is 1. The van der Waals surface area contributed by atoms with Gasteiger partial charge in [-0.3, -0.25) is 9.88 Å². The summed E-state index contributed by atoms with van der Waals surface area (Å²) in [6.07, 6.45) is 3.83. The molecule has 1 aromatic heterocycles. The van der Waals surface area contributed by atoms with E-state index in [2.05, 4.69) is 15.2 Å². The Morgan fingerprint density at radius 1 is 1.25 bits per heavy atom. The van der Waals surface area contributed by atoms with E-state index < -0.39 is 17.5 Å². The second kappa shape index (κ2) is 8.16. The molecule has 172 valence electrons. The summed E-state index contributed by atoms with van der Waals surface area (Å²) in [5, 5.41) is 13.9. The first-order valence-electron chi connectivity index (χ1n) is 10.9. The minimum absolute atomic E-state index is 0.0516. The van der Waals surface area contributed by atoms with Crippen molar-refractivity contribution in [2.24, 2.45) is 0 Å². The lowest BCUT2D eigenvalue weighted by molar-refractivity contribution is -0.0432. The third-order valence-electron chi connectivity index (χ3n) is 5.43. The summed E-state index contributed by atoms with van der Waals surface area (Å²) >= 11 is 0. The maximum Gasteiger partial charge on any atom is 0.407 e. The van der Waals surface area contributed by atoms with Crippen molar-refractivity contribution in [2.45, 2.75) is 64.5 Å². The summed E-state index contributed by atoms with van der Waals surface area (Å²) in [5.41, 5.74) is 1.16. The Kier molecular flexibility index (Phi) is 5.67. The van der Waals surface area contributed by atoms with E-state index in [1.54, 1.807) is 18.5 Å². The molecule has 2 atom stereocenters. The average molecular weight is 442 g/mol. The topological polar surface area (TPSA) is 93.2 Å². The van der Waals surface area contributed by atoms with Crippen molar-refractivity contribution in [1.29, 1.82) is 0 Å². The number of phenols is 1. The normalized spacial score (nSPS) is 20.7. The average Bonchev–Trinajstić information content (AvgIpc) is 3.23. The number of hydrogen-bond donors (Lipinski definition) is 2. The second-order valence-corrected chi connectivity index (χ2v) is 9.77. The summed E-state index contributed by atoms with van der Waals surface area (Å²) in [6.45, 7) is 10.6. The molecule has 2 aromatic rings. The van der Waals surface area contributed by atoms with E-state index >= 15 is 0 Å². The number of benzene rings is 1. The molecule has 1 unspecified atom stereocenters. The van der Waals surface area contributed by atoms with Crippen LogP contribution in [-0.4, -0.2) is 51.6 Å². The van der Waals surface area contributed by atoms with Crippen molar-refractivity contribution in [3.8, 4) is 17.2 Å². The van der Waals surface area contributed by atoms with E-state index in [0.29, 0.717) is 23.6 Å². The van der Waals surface area contributed by atoms with Crippen LogP contribution in [0.25, 0.3) is 0 Å². The van der Waals surface area contributed by atoms with Gasteiger partial charge in [0.05, 0.1) is 6.04 Å². The summed E-state index contributed by atoms with van der Waals surface area (Å²) in [4.78, 5) is 18.6. The molecule has 0 spiro atoms. The van der Waals surface area contributed by atoms with Crippen LogP contribution in [0.1, 0.15) is 58.2 Å². The maximum atomic E-state index is 12.2. The predicted octanol–water partition coefficient (Wildman–Crippen LogP) is 3.98. The van der Waals surface area contributed by atoms with Gasteiger partial charge in [0.15, 0.2) is 11.5 Å². The molecule has 0 saturated carbocycles. The van der Waals surface area contributed by atoms with Crippen LogP contribution >= 0.6 is 0 Å². The molecule has 8 nitrogen and oxygen atoms in total. The molecule has 32 heavy (non-hydrogen) atoms. The Hall–Kier alpha value is -3.00. The van der Waals surface area contributed by atoms with Crippen LogP contribution in [0.4, 0.5) is 4.79 Å². The molecule has 1 aromatic carbocycles. The number of aromatic hydroxyl groups is 1. The van der Waals surface area contributed by atoms with Crippen molar-refractivity contribution in [1.82, 2.24) is 15.2 Å². The number of fused-ring (bicyclic) bond motifs is 1. The van der Waals surface area contributed by atoms with E-state index in [1.165, 1.54) is 0 Å². The van der Waals surface area contributed by atoms with Gasteiger partial charge < -0.3 is 24.6 Å². The van der Waals surface area contributed by atoms with Gasteiger partial charge in [0.1, 0.15) is 11.4 Å². The zero-order valence-electron chi connectivity index (χ0n) is 19.2. The third kappa shape index (κ3) is 4.91. The van der Waals surface area contributed by atoms with Gasteiger partial charge in [-0.25, -0.2) is 4.79 Å². The summed E-state index contributed by atoms with van der Waals surface area (Å²) < 4.78 is 17.1. The number of rotatable bonds is 4. The fraction of sp³-hybridized carbons (Fsp3) is 0.500. The lowest BCUT2D eigenvalue weighted by atomic mass is 9.96. The largest absolute Gasteiger partial charge is 0.507 e. The van der Waals surface area contributed by atoms with Crippen LogP contribution in [0.15, 0.2) is 36.7 Å². The van der Waals surface area contributed by atoms with Crippen molar-refractivity contribution >= 4 is 6.09 Å². The number of phenolic OH excluding ortho intramolecular Hbond substituents is 1. The number of amides is 1. The summed E-state index contributed by atoms with van der Waals surface area (Å²) in [6, 6.07) is 7.05. The highest BCUT2D eigenvalue weighted by Crippen LogP contribution is 2.46. The lowest BCUT2D eigenvalue weighted by Crippen LogP contribution is -2.41. The first kappa shape index (κ1) is 22.2. The van der Waals surface area contributed by atoms with E-state index in [9.17, 15) is 9.90 Å². The fourth-order valence-corrected chi connectivity index (χ4v) is 4.24. The number of likely N-dealkylation sites (tertiary alicyclic amines) is 1. The van der Waals surface area contributed by atoms with Crippen molar-refractivity contribution in [3.05, 3.63) is 47.8 Å². The third-order valence-corrected chi connectivity index (χ3v) is 5.43. The lowest BCUT2D eigenvalue weighted by Gasteiger charge is -2.29. The van der Waals surface area contributed by atoms with Gasteiger partial charge in [-0.15, -0.1) is 0 Å². The van der Waals surface area contributed by atoms with Crippen LogP contribution in [0.2, 0.25) is 0 Å². The monoisotopic (exact) mass is 441 g/mol. The SMILES string of the molecule is CC(C)(C)OC(=O)N[C@@H]1CCN(C(c2ccncc2)c2cc3c(cc2O)OC(C)(C)O3)C1. The van der Waals surface area contributed by atoms with Gasteiger partial charge >= 0.3 is 6.09 Å². The van der Waals surface area contributed by atoms with E-state index in [0.717, 1.165) is 18.5 Å². The quantitative estimate of drug-likeness (QED) is 0.741. The molecule has 1 saturated heterocycles. The molecule has 0 aliphatic carbocycles. The molecule has 0 radical (unpaired) electrons. The van der Waals surface area contributed by atoms with Crippen molar-refractivity contribution < 1.29 is 24.1 Å². The molecule has 8 heteroatoms. The van der Waals surface area contributed by atoms with E-state index in [1.807, 2.05) is 52.8 Å². The van der Waals surface area contributed by atoms with Gasteiger partial charge in [0, 0.05) is 57.0 Å². The number of aromatic nitrogens is 1. The highest BCUT2D eigenvalue weighted by molar-refractivity contribution is 5.68. The molecule has 1 amide bonds. The highest BCUT2D eigenvalue weighted by Gasteiger charge is 2.37. The molecule has 0 bridgehead atoms. The number of alkyl carbamates (subject to hydrolysis) is 1. The van der Waals surface area contributed by atoms with Crippen molar-refractivity contribution in [3.63, 3.8) is 0 Å². The van der Waals surface area contributed by atoms with E-state index in [-0.39, 0.29) is 17.8 Å². The van der Waals surface area contributed by atoms with Gasteiger partial charge in [0.2, 0.25) is 5.79 Å². The zero-order chi connectivity index (χ0) is 23.1. The smallest absolute Gasteiger partial charge is 0.407 e. The molecule has 3 heterocycles. The van der Waals surface area contributed by atoms with Gasteiger partial charge in [0.25, 0.3) is 0 Å². The summed E-state index contributed by atoms with van der Waals surface area (Å²) in [7, 11) is 0. The molecule has 1 fully saturated rings. The molecule has 2 aliphatic heterocycles. The standard InChI is InChI=1S/C24H31N3O5/c1-23(2,3)32-22(29)26-16-8-11-27(14-16)21(15-6-9-25-10-7-15)17-12-19-20(13-18(17)28)31-24(4,5)30-19/h6-7,9-10,12-13,16,21,28H,8,11,14H2,1-5H3,(H,26,29)/t16-,21?/m1/s1. The number of pyridine rings is 1. The second-order valence-electron chi connectivity index (χ2n) is 9.77. The van der Waals surface area contributed by atoms with Gasteiger partial charge in [-0.05, 0) is 51.0 Å². The number of nitrogens with zero attached hydrogens (tertiary/aromatic N) is 2. The molecular weight excluding hydrogens is 410 g/mol. The number of carbonyl (C=O) groups is 1.